The molecular formula is C16H20ClN3O3. The van der Waals surface area contributed by atoms with Crippen molar-refractivity contribution in [2.75, 3.05) is 33.4 Å². The number of hydrogen-bond donors (Lipinski definition) is 2. The van der Waals surface area contributed by atoms with Crippen molar-refractivity contribution in [3.8, 4) is 11.5 Å². The van der Waals surface area contributed by atoms with Gasteiger partial charge in [0.05, 0.1) is 18.7 Å². The number of oxazole rings is 1. The van der Waals surface area contributed by atoms with Crippen molar-refractivity contribution in [3.05, 3.63) is 41.2 Å². The molecule has 2 N–H and O–H groups in total. The topological polar surface area (TPSA) is 76.4 Å². The Kier molecular flexibility index (Phi) is 7.06. The van der Waals surface area contributed by atoms with Crippen LogP contribution in [0.1, 0.15) is 5.69 Å². The van der Waals surface area contributed by atoms with E-state index < -0.39 is 0 Å². The summed E-state index contributed by atoms with van der Waals surface area (Å²) in [6.07, 6.45) is 1.69. The summed E-state index contributed by atoms with van der Waals surface area (Å²) in [7, 11) is 1.65. The first kappa shape index (κ1) is 17.5. The van der Waals surface area contributed by atoms with Crippen molar-refractivity contribution < 1.29 is 13.9 Å². The van der Waals surface area contributed by atoms with E-state index in [-0.39, 0.29) is 12.3 Å². The zero-order chi connectivity index (χ0) is 16.5. The summed E-state index contributed by atoms with van der Waals surface area (Å²) in [6.45, 7) is 2.68. The van der Waals surface area contributed by atoms with E-state index in [9.17, 15) is 4.79 Å². The number of nitrogens with zero attached hydrogens (tertiary/aromatic N) is 1. The first-order valence-corrected chi connectivity index (χ1v) is 7.73. The number of ether oxygens (including phenoxy) is 1. The van der Waals surface area contributed by atoms with Gasteiger partial charge in [0, 0.05) is 37.3 Å². The smallest absolute Gasteiger partial charge is 0.226 e. The summed E-state index contributed by atoms with van der Waals surface area (Å²) in [5, 5.41) is 6.63. The van der Waals surface area contributed by atoms with Crippen LogP contribution in [0.15, 0.2) is 34.9 Å². The van der Waals surface area contributed by atoms with Crippen LogP contribution in [0.4, 0.5) is 0 Å². The van der Waals surface area contributed by atoms with E-state index in [0.717, 1.165) is 12.1 Å². The molecule has 0 atom stereocenters. The summed E-state index contributed by atoms with van der Waals surface area (Å²) < 4.78 is 10.3. The number of benzene rings is 1. The maximum atomic E-state index is 11.8. The third kappa shape index (κ3) is 6.02. The predicted molar refractivity (Wildman–Crippen MR) is 88.4 cm³/mol. The Labute approximate surface area is 140 Å². The summed E-state index contributed by atoms with van der Waals surface area (Å²) in [4.78, 5) is 16.1. The summed E-state index contributed by atoms with van der Waals surface area (Å²) >= 11 is 5.85. The number of carbonyl (C=O) groups excluding carboxylic acids is 1. The molecule has 7 heteroatoms. The van der Waals surface area contributed by atoms with E-state index in [4.69, 9.17) is 20.8 Å². The third-order valence-electron chi connectivity index (χ3n) is 3.09. The van der Waals surface area contributed by atoms with Crippen LogP contribution < -0.4 is 10.6 Å². The SMILES string of the molecule is COCCNCCNC(=O)Cc1coc(-c2ccc(Cl)cc2)n1. The maximum Gasteiger partial charge on any atom is 0.226 e. The van der Waals surface area contributed by atoms with Gasteiger partial charge in [0.1, 0.15) is 6.26 Å². The van der Waals surface area contributed by atoms with Gasteiger partial charge in [-0.3, -0.25) is 4.79 Å². The molecule has 1 heterocycles. The zero-order valence-electron chi connectivity index (χ0n) is 13.0. The van der Waals surface area contributed by atoms with Gasteiger partial charge in [-0.2, -0.15) is 0 Å². The van der Waals surface area contributed by atoms with Gasteiger partial charge in [0.25, 0.3) is 0 Å². The van der Waals surface area contributed by atoms with Gasteiger partial charge < -0.3 is 19.8 Å². The average molecular weight is 338 g/mol. The van der Waals surface area contributed by atoms with Crippen LogP contribution in [0.5, 0.6) is 0 Å². The van der Waals surface area contributed by atoms with E-state index >= 15 is 0 Å². The van der Waals surface area contributed by atoms with Gasteiger partial charge in [-0.25, -0.2) is 4.98 Å². The molecule has 0 saturated carbocycles. The largest absolute Gasteiger partial charge is 0.444 e. The average Bonchev–Trinajstić information content (AvgIpc) is 3.00. The Bertz CT molecular complexity index is 613. The molecule has 0 saturated heterocycles. The minimum Gasteiger partial charge on any atom is -0.444 e. The van der Waals surface area contributed by atoms with E-state index in [0.29, 0.717) is 36.3 Å². The first-order valence-electron chi connectivity index (χ1n) is 7.35. The number of rotatable bonds is 9. The van der Waals surface area contributed by atoms with Crippen molar-refractivity contribution in [1.29, 1.82) is 0 Å². The lowest BCUT2D eigenvalue weighted by Crippen LogP contribution is -2.33. The molecule has 1 aromatic heterocycles. The van der Waals surface area contributed by atoms with Crippen LogP contribution in [0, 0.1) is 0 Å². The highest BCUT2D eigenvalue weighted by molar-refractivity contribution is 6.30. The molecule has 0 fully saturated rings. The highest BCUT2D eigenvalue weighted by Gasteiger charge is 2.10. The Morgan fingerprint density at radius 2 is 2.04 bits per heavy atom. The highest BCUT2D eigenvalue weighted by atomic mass is 35.5. The van der Waals surface area contributed by atoms with Gasteiger partial charge in [0.2, 0.25) is 11.8 Å². The van der Waals surface area contributed by atoms with Crippen molar-refractivity contribution in [2.24, 2.45) is 0 Å². The second kappa shape index (κ2) is 9.29. The molecule has 0 aliphatic rings. The quantitative estimate of drug-likeness (QED) is 0.683. The Hall–Kier alpha value is -1.89. The number of methoxy groups -OCH3 is 1. The molecule has 124 valence electrons. The lowest BCUT2D eigenvalue weighted by atomic mass is 10.2. The van der Waals surface area contributed by atoms with Crippen LogP contribution in [-0.4, -0.2) is 44.2 Å². The van der Waals surface area contributed by atoms with Crippen LogP contribution >= 0.6 is 11.6 Å². The monoisotopic (exact) mass is 337 g/mol. The van der Waals surface area contributed by atoms with Gasteiger partial charge in [-0.1, -0.05) is 11.6 Å². The van der Waals surface area contributed by atoms with E-state index in [1.807, 2.05) is 12.1 Å². The summed E-state index contributed by atoms with van der Waals surface area (Å²) in [5.41, 5.74) is 1.42. The highest BCUT2D eigenvalue weighted by Crippen LogP contribution is 2.20. The molecule has 0 aliphatic heterocycles. The van der Waals surface area contributed by atoms with E-state index in [1.54, 1.807) is 19.2 Å². The van der Waals surface area contributed by atoms with Crippen LogP contribution in [0.25, 0.3) is 11.5 Å². The normalized spacial score (nSPS) is 10.7. The minimum atomic E-state index is -0.0884. The lowest BCUT2D eigenvalue weighted by Gasteiger charge is -2.05. The van der Waals surface area contributed by atoms with E-state index in [2.05, 4.69) is 15.6 Å². The Morgan fingerprint density at radius 1 is 1.26 bits per heavy atom. The number of nitrogens with one attached hydrogen (secondary N) is 2. The molecular weight excluding hydrogens is 318 g/mol. The van der Waals surface area contributed by atoms with Crippen molar-refractivity contribution in [2.45, 2.75) is 6.42 Å². The number of carbonyl (C=O) groups is 1. The minimum absolute atomic E-state index is 0.0884. The number of halogens is 1. The summed E-state index contributed by atoms with van der Waals surface area (Å²) in [6, 6.07) is 7.18. The molecule has 1 aromatic carbocycles. The molecule has 23 heavy (non-hydrogen) atoms. The number of aromatic nitrogens is 1. The molecule has 0 unspecified atom stereocenters. The fraction of sp³-hybridized carbons (Fsp3) is 0.375. The van der Waals surface area contributed by atoms with Crippen LogP contribution in [0.2, 0.25) is 5.02 Å². The number of amides is 1. The fourth-order valence-corrected chi connectivity index (χ4v) is 2.06. The number of hydrogen-bond acceptors (Lipinski definition) is 5. The molecule has 1 amide bonds. The molecule has 2 rings (SSSR count). The Morgan fingerprint density at radius 3 is 2.78 bits per heavy atom. The second-order valence-electron chi connectivity index (χ2n) is 4.92. The Balaban J connectivity index is 1.75. The molecule has 6 nitrogen and oxygen atoms in total. The van der Waals surface area contributed by atoms with Crippen LogP contribution in [0.3, 0.4) is 0 Å². The van der Waals surface area contributed by atoms with Gasteiger partial charge in [-0.15, -0.1) is 0 Å². The molecule has 0 bridgehead atoms. The van der Waals surface area contributed by atoms with Gasteiger partial charge in [0.15, 0.2) is 0 Å². The molecule has 0 radical (unpaired) electrons. The van der Waals surface area contributed by atoms with Crippen molar-refractivity contribution in [1.82, 2.24) is 15.6 Å². The molecule has 0 spiro atoms. The van der Waals surface area contributed by atoms with E-state index in [1.165, 1.54) is 6.26 Å². The summed E-state index contributed by atoms with van der Waals surface area (Å²) in [5.74, 6) is 0.389. The molecule has 2 aromatic rings. The first-order chi connectivity index (χ1) is 11.2. The van der Waals surface area contributed by atoms with Crippen LogP contribution in [-0.2, 0) is 16.0 Å². The van der Waals surface area contributed by atoms with Crippen molar-refractivity contribution >= 4 is 17.5 Å². The third-order valence-corrected chi connectivity index (χ3v) is 3.34. The zero-order valence-corrected chi connectivity index (χ0v) is 13.7. The van der Waals surface area contributed by atoms with Gasteiger partial charge in [-0.05, 0) is 24.3 Å². The maximum absolute atomic E-state index is 11.8. The fourth-order valence-electron chi connectivity index (χ4n) is 1.93. The standard InChI is InChI=1S/C16H20ClN3O3/c1-22-9-8-18-6-7-19-15(21)10-14-11-23-16(20-14)12-2-4-13(17)5-3-12/h2-5,11,18H,6-10H2,1H3,(H,19,21). The van der Waals surface area contributed by atoms with Gasteiger partial charge >= 0.3 is 0 Å². The van der Waals surface area contributed by atoms with Crippen molar-refractivity contribution in [3.63, 3.8) is 0 Å². The predicted octanol–water partition coefficient (Wildman–Crippen LogP) is 1.89. The molecule has 0 aliphatic carbocycles. The lowest BCUT2D eigenvalue weighted by molar-refractivity contribution is -0.120. The second-order valence-corrected chi connectivity index (χ2v) is 5.36.